The summed E-state index contributed by atoms with van der Waals surface area (Å²) in [5.41, 5.74) is 4.84. The molecule has 0 amide bonds. The maximum absolute atomic E-state index is 4.08. The van der Waals surface area contributed by atoms with E-state index in [4.69, 9.17) is 0 Å². The van der Waals surface area contributed by atoms with Crippen molar-refractivity contribution in [2.24, 2.45) is 0 Å². The van der Waals surface area contributed by atoms with Crippen LogP contribution in [0.5, 0.6) is 0 Å². The first-order valence-electron chi connectivity index (χ1n) is 6.37. The van der Waals surface area contributed by atoms with Gasteiger partial charge in [0.15, 0.2) is 0 Å². The van der Waals surface area contributed by atoms with Gasteiger partial charge in [0.25, 0.3) is 0 Å². The van der Waals surface area contributed by atoms with Gasteiger partial charge in [0.2, 0.25) is 0 Å². The molecule has 0 spiro atoms. The molecule has 0 aliphatic carbocycles. The third kappa shape index (κ3) is 3.14. The Bertz CT molecular complexity index is 494. The largest absolute Gasteiger partial charge is 0.313 e. The smallest absolute Gasteiger partial charge is 0.115 e. The van der Waals surface area contributed by atoms with Gasteiger partial charge in [-0.2, -0.15) is 0 Å². The summed E-state index contributed by atoms with van der Waals surface area (Å²) in [5.74, 6) is 0. The van der Waals surface area contributed by atoms with E-state index in [-0.39, 0.29) is 0 Å². The average molecular weight is 241 g/mol. The Labute approximate surface area is 108 Å². The summed E-state index contributed by atoms with van der Waals surface area (Å²) in [6.45, 7) is 6.26. The van der Waals surface area contributed by atoms with Crippen molar-refractivity contribution in [2.75, 3.05) is 6.54 Å². The van der Waals surface area contributed by atoms with Crippen LogP contribution < -0.4 is 5.32 Å². The van der Waals surface area contributed by atoms with E-state index in [2.05, 4.69) is 47.3 Å². The molecule has 0 bridgehead atoms. The van der Waals surface area contributed by atoms with E-state index >= 15 is 0 Å². The summed E-state index contributed by atoms with van der Waals surface area (Å²) in [4.78, 5) is 8.16. The van der Waals surface area contributed by atoms with Crippen molar-refractivity contribution in [3.63, 3.8) is 0 Å². The topological polar surface area (TPSA) is 37.8 Å². The molecule has 2 aromatic rings. The third-order valence-electron chi connectivity index (χ3n) is 2.93. The molecule has 0 saturated heterocycles. The molecule has 0 radical (unpaired) electrons. The van der Waals surface area contributed by atoms with Crippen LogP contribution in [0.3, 0.4) is 0 Å². The number of hydrogen-bond acceptors (Lipinski definition) is 3. The fraction of sp³-hybridized carbons (Fsp3) is 0.333. The van der Waals surface area contributed by atoms with Gasteiger partial charge < -0.3 is 5.32 Å². The lowest BCUT2D eigenvalue weighted by Gasteiger charge is -2.09. The van der Waals surface area contributed by atoms with Crippen LogP contribution in [0.4, 0.5) is 0 Å². The molecule has 0 unspecified atom stereocenters. The molecule has 0 aliphatic rings. The minimum absolute atomic E-state index is 0.912. The first-order valence-corrected chi connectivity index (χ1v) is 6.37. The van der Waals surface area contributed by atoms with Gasteiger partial charge in [0.1, 0.15) is 6.33 Å². The van der Waals surface area contributed by atoms with Gasteiger partial charge in [-0.3, -0.25) is 0 Å². The summed E-state index contributed by atoms with van der Waals surface area (Å²) >= 11 is 0. The van der Waals surface area contributed by atoms with Crippen molar-refractivity contribution in [1.82, 2.24) is 15.3 Å². The zero-order valence-electron chi connectivity index (χ0n) is 11.0. The Morgan fingerprint density at radius 1 is 1.17 bits per heavy atom. The highest BCUT2D eigenvalue weighted by molar-refractivity contribution is 5.66. The predicted molar refractivity (Wildman–Crippen MR) is 74.2 cm³/mol. The van der Waals surface area contributed by atoms with Gasteiger partial charge in [-0.15, -0.1) is 0 Å². The quantitative estimate of drug-likeness (QED) is 0.818. The molecule has 3 nitrogen and oxygen atoms in total. The van der Waals surface area contributed by atoms with E-state index in [0.29, 0.717) is 0 Å². The number of aromatic nitrogens is 2. The van der Waals surface area contributed by atoms with E-state index in [1.807, 2.05) is 12.4 Å². The van der Waals surface area contributed by atoms with E-state index in [1.54, 1.807) is 6.33 Å². The van der Waals surface area contributed by atoms with Crippen LogP contribution in [0.2, 0.25) is 0 Å². The Balaban J connectivity index is 2.22. The summed E-state index contributed by atoms with van der Waals surface area (Å²) in [6, 6.07) is 6.55. The van der Waals surface area contributed by atoms with Crippen molar-refractivity contribution in [1.29, 1.82) is 0 Å². The number of aryl methyl sites for hydroxylation is 1. The van der Waals surface area contributed by atoms with Crippen molar-refractivity contribution < 1.29 is 0 Å². The lowest BCUT2D eigenvalue weighted by Crippen LogP contribution is -2.13. The van der Waals surface area contributed by atoms with Crippen molar-refractivity contribution >= 4 is 0 Å². The molecule has 0 fully saturated rings. The Morgan fingerprint density at radius 3 is 2.67 bits per heavy atom. The highest BCUT2D eigenvalue weighted by Gasteiger charge is 2.03. The van der Waals surface area contributed by atoms with Crippen molar-refractivity contribution in [3.8, 4) is 11.1 Å². The molecule has 2 rings (SSSR count). The van der Waals surface area contributed by atoms with Gasteiger partial charge in [0, 0.05) is 24.5 Å². The molecule has 1 aromatic heterocycles. The maximum Gasteiger partial charge on any atom is 0.115 e. The Hall–Kier alpha value is -1.74. The summed E-state index contributed by atoms with van der Waals surface area (Å²) < 4.78 is 0. The van der Waals surface area contributed by atoms with Crippen LogP contribution in [0, 0.1) is 6.92 Å². The van der Waals surface area contributed by atoms with Crippen LogP contribution in [-0.2, 0) is 6.54 Å². The van der Waals surface area contributed by atoms with Crippen LogP contribution in [0.1, 0.15) is 24.5 Å². The molecule has 0 aliphatic heterocycles. The van der Waals surface area contributed by atoms with Crippen LogP contribution >= 0.6 is 0 Å². The van der Waals surface area contributed by atoms with Crippen LogP contribution in [0.25, 0.3) is 11.1 Å². The number of hydrogen-bond donors (Lipinski definition) is 1. The lowest BCUT2D eigenvalue weighted by molar-refractivity contribution is 0.675. The van der Waals surface area contributed by atoms with Gasteiger partial charge in [0.05, 0.1) is 0 Å². The van der Waals surface area contributed by atoms with Gasteiger partial charge in [-0.05, 0) is 42.6 Å². The summed E-state index contributed by atoms with van der Waals surface area (Å²) in [7, 11) is 0. The second kappa shape index (κ2) is 6.26. The molecule has 0 atom stereocenters. The second-order valence-corrected chi connectivity index (χ2v) is 4.45. The average Bonchev–Trinajstić information content (AvgIpc) is 2.42. The van der Waals surface area contributed by atoms with Crippen LogP contribution in [-0.4, -0.2) is 16.5 Å². The Morgan fingerprint density at radius 2 is 1.94 bits per heavy atom. The second-order valence-electron chi connectivity index (χ2n) is 4.45. The monoisotopic (exact) mass is 241 g/mol. The molecule has 1 aromatic carbocycles. The summed E-state index contributed by atoms with van der Waals surface area (Å²) in [5, 5.41) is 3.42. The molecule has 1 N–H and O–H groups in total. The minimum Gasteiger partial charge on any atom is -0.313 e. The fourth-order valence-corrected chi connectivity index (χ4v) is 1.94. The zero-order valence-corrected chi connectivity index (χ0v) is 11.0. The third-order valence-corrected chi connectivity index (χ3v) is 2.93. The normalized spacial score (nSPS) is 10.6. The van der Waals surface area contributed by atoms with E-state index in [9.17, 15) is 0 Å². The maximum atomic E-state index is 4.08. The van der Waals surface area contributed by atoms with Gasteiger partial charge >= 0.3 is 0 Å². The lowest BCUT2D eigenvalue weighted by atomic mass is 10.0. The number of nitrogens with one attached hydrogen (secondary N) is 1. The molecule has 18 heavy (non-hydrogen) atoms. The van der Waals surface area contributed by atoms with Crippen LogP contribution in [0.15, 0.2) is 36.9 Å². The van der Waals surface area contributed by atoms with Crippen molar-refractivity contribution in [2.45, 2.75) is 26.8 Å². The zero-order chi connectivity index (χ0) is 12.8. The Kier molecular flexibility index (Phi) is 4.42. The van der Waals surface area contributed by atoms with Gasteiger partial charge in [-0.25, -0.2) is 9.97 Å². The molecule has 94 valence electrons. The van der Waals surface area contributed by atoms with E-state index in [0.717, 1.165) is 25.1 Å². The van der Waals surface area contributed by atoms with Crippen molar-refractivity contribution in [3.05, 3.63) is 48.0 Å². The van der Waals surface area contributed by atoms with E-state index < -0.39 is 0 Å². The highest BCUT2D eigenvalue weighted by atomic mass is 14.8. The molecule has 3 heteroatoms. The number of nitrogens with zero attached hydrogens (tertiary/aromatic N) is 2. The first kappa shape index (κ1) is 12.7. The molecule has 1 heterocycles. The fourth-order valence-electron chi connectivity index (χ4n) is 1.94. The molecular weight excluding hydrogens is 222 g/mol. The predicted octanol–water partition coefficient (Wildman–Crippen LogP) is 2.95. The number of benzene rings is 1. The molecule has 0 saturated carbocycles. The first-order chi connectivity index (χ1) is 8.81. The number of rotatable bonds is 5. The SMILES string of the molecule is CCCNCc1ccc(C)c(-c2cncnc2)c1. The van der Waals surface area contributed by atoms with E-state index in [1.165, 1.54) is 16.7 Å². The van der Waals surface area contributed by atoms with Gasteiger partial charge in [-0.1, -0.05) is 19.1 Å². The summed E-state index contributed by atoms with van der Waals surface area (Å²) in [6.07, 6.45) is 6.44. The highest BCUT2D eigenvalue weighted by Crippen LogP contribution is 2.23. The minimum atomic E-state index is 0.912. The molecular formula is C15H19N3. The standard InChI is InChI=1S/C15H19N3/c1-3-6-16-8-13-5-4-12(2)15(7-13)14-9-17-11-18-10-14/h4-5,7,9-11,16H,3,6,8H2,1-2H3.